The average molecular weight is 364 g/mol. The summed E-state index contributed by atoms with van der Waals surface area (Å²) in [4.78, 5) is 30.7. The van der Waals surface area contributed by atoms with Gasteiger partial charge in [0.1, 0.15) is 5.65 Å². The zero-order chi connectivity index (χ0) is 19.2. The van der Waals surface area contributed by atoms with Crippen molar-refractivity contribution in [3.8, 4) is 0 Å². The Kier molecular flexibility index (Phi) is 6.01. The first-order valence-electron chi connectivity index (χ1n) is 9.41. The molecular formula is C22H24N2O3. The van der Waals surface area contributed by atoms with Crippen LogP contribution < -0.4 is 0 Å². The first kappa shape index (κ1) is 18.8. The first-order chi connectivity index (χ1) is 13.1. The number of aliphatic carboxylic acids is 1. The normalized spacial score (nSPS) is 11.6. The summed E-state index contributed by atoms with van der Waals surface area (Å²) >= 11 is 0. The van der Waals surface area contributed by atoms with E-state index in [9.17, 15) is 9.59 Å². The van der Waals surface area contributed by atoms with Gasteiger partial charge in [0, 0.05) is 34.5 Å². The number of ketones is 1. The van der Waals surface area contributed by atoms with E-state index in [1.54, 1.807) is 6.07 Å². The van der Waals surface area contributed by atoms with Crippen molar-refractivity contribution in [1.29, 1.82) is 0 Å². The second kappa shape index (κ2) is 8.62. The van der Waals surface area contributed by atoms with Gasteiger partial charge in [-0.1, -0.05) is 31.9 Å². The van der Waals surface area contributed by atoms with Crippen LogP contribution in [-0.4, -0.2) is 26.8 Å². The minimum atomic E-state index is -0.962. The number of pyridine rings is 1. The van der Waals surface area contributed by atoms with Crippen LogP contribution in [0.5, 0.6) is 0 Å². The maximum atomic E-state index is 12.2. The zero-order valence-corrected chi connectivity index (χ0v) is 15.5. The summed E-state index contributed by atoms with van der Waals surface area (Å²) < 4.78 is 0. The van der Waals surface area contributed by atoms with Crippen LogP contribution in [-0.2, 0) is 4.79 Å². The average Bonchev–Trinajstić information content (AvgIpc) is 3.03. The number of carboxylic acid groups (broad SMARTS) is 1. The van der Waals surface area contributed by atoms with E-state index < -0.39 is 5.97 Å². The Morgan fingerprint density at radius 3 is 2.78 bits per heavy atom. The van der Waals surface area contributed by atoms with Crippen molar-refractivity contribution in [2.45, 2.75) is 45.4 Å². The van der Waals surface area contributed by atoms with Crippen LogP contribution in [0.25, 0.3) is 28.0 Å². The van der Waals surface area contributed by atoms with Crippen LogP contribution in [0.15, 0.2) is 36.5 Å². The summed E-state index contributed by atoms with van der Waals surface area (Å²) in [5.41, 5.74) is 3.26. The number of benzene rings is 1. The van der Waals surface area contributed by atoms with Crippen molar-refractivity contribution in [2.75, 3.05) is 0 Å². The van der Waals surface area contributed by atoms with Gasteiger partial charge in [-0.25, -0.2) is 4.98 Å². The third-order valence-electron chi connectivity index (χ3n) is 4.64. The minimum absolute atomic E-state index is 0.00714. The van der Waals surface area contributed by atoms with E-state index in [2.05, 4.69) is 35.1 Å². The molecule has 2 N–H and O–H groups in total. The van der Waals surface area contributed by atoms with Gasteiger partial charge >= 0.3 is 5.97 Å². The minimum Gasteiger partial charge on any atom is -0.481 e. The quantitative estimate of drug-likeness (QED) is 0.396. The van der Waals surface area contributed by atoms with Crippen LogP contribution in [0.3, 0.4) is 0 Å². The second-order valence-corrected chi connectivity index (χ2v) is 6.77. The zero-order valence-electron chi connectivity index (χ0n) is 15.5. The molecule has 27 heavy (non-hydrogen) atoms. The summed E-state index contributed by atoms with van der Waals surface area (Å²) in [5.74, 6) is -1.12. The number of carboxylic acids is 1. The van der Waals surface area contributed by atoms with Crippen molar-refractivity contribution < 1.29 is 14.7 Å². The largest absolute Gasteiger partial charge is 0.481 e. The first-order valence-corrected chi connectivity index (χ1v) is 9.41. The number of rotatable bonds is 9. The predicted octanol–water partition coefficient (Wildman–Crippen LogP) is 5.36. The Labute approximate surface area is 158 Å². The highest BCUT2D eigenvalue weighted by atomic mass is 16.4. The molecule has 0 aliphatic rings. The molecule has 2 heterocycles. The SMILES string of the molecule is CCCCC/C=C/c1cnc2[nH]c3ccc(C(=O)CCC(=O)O)cc3c2c1. The fraction of sp³-hybridized carbons (Fsp3) is 0.318. The smallest absolute Gasteiger partial charge is 0.303 e. The number of unbranched alkanes of at least 4 members (excludes halogenated alkanes) is 3. The second-order valence-electron chi connectivity index (χ2n) is 6.77. The molecule has 0 unspecified atom stereocenters. The molecule has 0 amide bonds. The summed E-state index contributed by atoms with van der Waals surface area (Å²) in [6.07, 6.45) is 10.7. The maximum Gasteiger partial charge on any atom is 0.303 e. The number of fused-ring (bicyclic) bond motifs is 3. The molecular weight excluding hydrogens is 340 g/mol. The van der Waals surface area contributed by atoms with Crippen molar-refractivity contribution in [2.24, 2.45) is 0 Å². The van der Waals surface area contributed by atoms with Crippen molar-refractivity contribution in [1.82, 2.24) is 9.97 Å². The third kappa shape index (κ3) is 4.61. The van der Waals surface area contributed by atoms with Gasteiger partial charge in [-0.3, -0.25) is 9.59 Å². The number of aromatic amines is 1. The van der Waals surface area contributed by atoms with Gasteiger partial charge in [0.15, 0.2) is 5.78 Å². The highest BCUT2D eigenvalue weighted by molar-refractivity contribution is 6.09. The lowest BCUT2D eigenvalue weighted by atomic mass is 10.0. The molecule has 140 valence electrons. The topological polar surface area (TPSA) is 83.0 Å². The van der Waals surface area contributed by atoms with E-state index >= 15 is 0 Å². The van der Waals surface area contributed by atoms with E-state index in [0.717, 1.165) is 33.9 Å². The number of nitrogens with zero attached hydrogens (tertiary/aromatic N) is 1. The molecule has 0 aliphatic heterocycles. The number of carbonyl (C=O) groups is 2. The number of hydrogen-bond acceptors (Lipinski definition) is 3. The third-order valence-corrected chi connectivity index (χ3v) is 4.64. The molecule has 0 bridgehead atoms. The molecule has 2 aromatic heterocycles. The Balaban J connectivity index is 1.87. The lowest BCUT2D eigenvalue weighted by molar-refractivity contribution is -0.136. The Morgan fingerprint density at radius 1 is 1.15 bits per heavy atom. The summed E-state index contributed by atoms with van der Waals surface area (Å²) in [5, 5.41) is 10.7. The molecule has 5 heteroatoms. The molecule has 0 spiro atoms. The van der Waals surface area contributed by atoms with E-state index in [0.29, 0.717) is 5.56 Å². The monoisotopic (exact) mass is 364 g/mol. The maximum absolute atomic E-state index is 12.2. The molecule has 5 nitrogen and oxygen atoms in total. The van der Waals surface area contributed by atoms with E-state index in [4.69, 9.17) is 5.11 Å². The number of hydrogen-bond donors (Lipinski definition) is 2. The van der Waals surface area contributed by atoms with E-state index in [1.165, 1.54) is 19.3 Å². The molecule has 3 rings (SSSR count). The Hall–Kier alpha value is -2.95. The van der Waals surface area contributed by atoms with Crippen molar-refractivity contribution in [3.63, 3.8) is 0 Å². The van der Waals surface area contributed by atoms with Crippen molar-refractivity contribution in [3.05, 3.63) is 47.7 Å². The van der Waals surface area contributed by atoms with Crippen LogP contribution >= 0.6 is 0 Å². The summed E-state index contributed by atoms with van der Waals surface area (Å²) in [7, 11) is 0. The van der Waals surface area contributed by atoms with Crippen LogP contribution in [0.1, 0.15) is 61.4 Å². The molecule has 0 saturated heterocycles. The highest BCUT2D eigenvalue weighted by Gasteiger charge is 2.12. The molecule has 0 atom stereocenters. The lowest BCUT2D eigenvalue weighted by Gasteiger charge is -2.00. The Morgan fingerprint density at radius 2 is 2.00 bits per heavy atom. The van der Waals surface area contributed by atoms with Gasteiger partial charge in [0.2, 0.25) is 0 Å². The number of nitrogens with one attached hydrogen (secondary N) is 1. The van der Waals surface area contributed by atoms with E-state index in [1.807, 2.05) is 18.3 Å². The van der Waals surface area contributed by atoms with Gasteiger partial charge in [-0.05, 0) is 42.7 Å². The predicted molar refractivity (Wildman–Crippen MR) is 108 cm³/mol. The molecule has 0 radical (unpaired) electrons. The highest BCUT2D eigenvalue weighted by Crippen LogP contribution is 2.27. The fourth-order valence-corrected chi connectivity index (χ4v) is 3.15. The number of Topliss-reactive ketones (excluding diaryl/α,β-unsaturated/α-hetero) is 1. The summed E-state index contributed by atoms with van der Waals surface area (Å²) in [6, 6.07) is 7.49. The van der Waals surface area contributed by atoms with Gasteiger partial charge in [-0.15, -0.1) is 0 Å². The van der Waals surface area contributed by atoms with Crippen molar-refractivity contribution >= 4 is 39.8 Å². The fourth-order valence-electron chi connectivity index (χ4n) is 3.15. The van der Waals surface area contributed by atoms with Crippen LogP contribution in [0, 0.1) is 0 Å². The standard InChI is InChI=1S/C22H24N2O3/c1-2-3-4-5-6-7-15-12-18-17-13-16(20(25)10-11-21(26)27)8-9-19(17)24-22(18)23-14-15/h6-9,12-14H,2-5,10-11H2,1H3,(H,23,24)(H,26,27)/b7-6+. The number of allylic oxidation sites excluding steroid dienone is 1. The molecule has 1 aromatic carbocycles. The molecule has 3 aromatic rings. The van der Waals surface area contributed by atoms with E-state index in [-0.39, 0.29) is 18.6 Å². The van der Waals surface area contributed by atoms with Gasteiger partial charge in [-0.2, -0.15) is 0 Å². The Bertz CT molecular complexity index is 1000. The molecule has 0 aliphatic carbocycles. The van der Waals surface area contributed by atoms with Gasteiger partial charge in [0.05, 0.1) is 6.42 Å². The van der Waals surface area contributed by atoms with Crippen LogP contribution in [0.4, 0.5) is 0 Å². The molecule has 0 fully saturated rings. The number of aromatic nitrogens is 2. The summed E-state index contributed by atoms with van der Waals surface area (Å²) in [6.45, 7) is 2.19. The van der Waals surface area contributed by atoms with Crippen LogP contribution in [0.2, 0.25) is 0 Å². The van der Waals surface area contributed by atoms with Gasteiger partial charge < -0.3 is 10.1 Å². The molecule has 0 saturated carbocycles. The lowest BCUT2D eigenvalue weighted by Crippen LogP contribution is -2.03. The number of H-pyrrole nitrogens is 1. The number of carbonyl (C=O) groups excluding carboxylic acids is 1. The van der Waals surface area contributed by atoms with Gasteiger partial charge in [0.25, 0.3) is 0 Å².